The lowest BCUT2D eigenvalue weighted by molar-refractivity contribution is -0.126. The minimum atomic E-state index is -0.436. The zero-order valence-corrected chi connectivity index (χ0v) is 15.0. The van der Waals surface area contributed by atoms with Crippen LogP contribution in [0.4, 0.5) is 4.79 Å². The second-order valence-electron chi connectivity index (χ2n) is 7.87. The first-order chi connectivity index (χ1) is 10.3. The van der Waals surface area contributed by atoms with Gasteiger partial charge in [0.25, 0.3) is 0 Å². The van der Waals surface area contributed by atoms with E-state index in [1.54, 1.807) is 0 Å². The number of rotatable bonds is 6. The van der Waals surface area contributed by atoms with Gasteiger partial charge in [-0.15, -0.1) is 0 Å². The van der Waals surface area contributed by atoms with Gasteiger partial charge in [-0.3, -0.25) is 4.79 Å². The van der Waals surface area contributed by atoms with Crippen molar-refractivity contribution in [3.8, 4) is 0 Å². The highest BCUT2D eigenvalue weighted by atomic mass is 16.2. The Morgan fingerprint density at radius 1 is 1.14 bits per heavy atom. The minimum Gasteiger partial charge on any atom is -0.338 e. The van der Waals surface area contributed by atoms with Gasteiger partial charge in [-0.05, 0) is 30.6 Å². The molecule has 1 rings (SSSR count). The molecule has 0 saturated heterocycles. The summed E-state index contributed by atoms with van der Waals surface area (Å²) in [5.41, 5.74) is -0.275. The molecule has 0 radical (unpaired) electrons. The Balaban J connectivity index is 2.53. The van der Waals surface area contributed by atoms with E-state index in [-0.39, 0.29) is 23.1 Å². The van der Waals surface area contributed by atoms with Crippen LogP contribution in [0.15, 0.2) is 0 Å². The van der Waals surface area contributed by atoms with Crippen LogP contribution >= 0.6 is 0 Å². The van der Waals surface area contributed by atoms with Gasteiger partial charge in [0.15, 0.2) is 5.78 Å². The fraction of sp³-hybridized carbons (Fsp3) is 0.889. The van der Waals surface area contributed by atoms with Crippen LogP contribution in [0.2, 0.25) is 0 Å². The van der Waals surface area contributed by atoms with Crippen molar-refractivity contribution >= 4 is 11.8 Å². The van der Waals surface area contributed by atoms with Crippen molar-refractivity contribution in [1.82, 2.24) is 10.6 Å². The third-order valence-electron chi connectivity index (χ3n) is 4.80. The molecule has 0 aromatic rings. The van der Waals surface area contributed by atoms with E-state index in [2.05, 4.69) is 10.6 Å². The molecule has 2 unspecified atom stereocenters. The molecule has 0 spiro atoms. The number of urea groups is 1. The minimum absolute atomic E-state index is 0.0251. The van der Waals surface area contributed by atoms with Gasteiger partial charge in [0, 0.05) is 12.5 Å². The number of Topliss-reactive ketones (excluding diaryl/α,β-unsaturated/α-hetero) is 1. The van der Waals surface area contributed by atoms with E-state index < -0.39 is 6.04 Å². The quantitative estimate of drug-likeness (QED) is 0.782. The summed E-state index contributed by atoms with van der Waals surface area (Å²) in [5, 5.41) is 5.88. The van der Waals surface area contributed by atoms with Gasteiger partial charge in [0.1, 0.15) is 0 Å². The Labute approximate surface area is 135 Å². The monoisotopic (exact) mass is 310 g/mol. The van der Waals surface area contributed by atoms with Crippen LogP contribution in [-0.4, -0.2) is 24.4 Å². The molecule has 0 heterocycles. The van der Waals surface area contributed by atoms with E-state index in [0.29, 0.717) is 5.92 Å². The van der Waals surface area contributed by atoms with Gasteiger partial charge in [-0.1, -0.05) is 53.9 Å². The van der Waals surface area contributed by atoms with Gasteiger partial charge in [0.05, 0.1) is 6.04 Å². The Morgan fingerprint density at radius 3 is 2.23 bits per heavy atom. The maximum Gasteiger partial charge on any atom is 0.315 e. The van der Waals surface area contributed by atoms with Crippen molar-refractivity contribution in [3.63, 3.8) is 0 Å². The average molecular weight is 310 g/mol. The van der Waals surface area contributed by atoms with Crippen LogP contribution < -0.4 is 10.6 Å². The fourth-order valence-electron chi connectivity index (χ4n) is 3.01. The molecule has 4 heteroatoms. The third-order valence-corrected chi connectivity index (χ3v) is 4.80. The molecular formula is C18H34N2O2. The summed E-state index contributed by atoms with van der Waals surface area (Å²) < 4.78 is 0. The Kier molecular flexibility index (Phi) is 7.37. The summed E-state index contributed by atoms with van der Waals surface area (Å²) in [6.07, 6.45) is 7.06. The summed E-state index contributed by atoms with van der Waals surface area (Å²) in [5.74, 6) is 0.698. The zero-order valence-electron chi connectivity index (χ0n) is 15.0. The molecule has 2 N–H and O–H groups in total. The standard InChI is InChI=1S/C18H34N2O2/c1-6-13(2)15(21)16(18(3,4)5)20-17(22)19-12-14-10-8-7-9-11-14/h13-14,16H,6-12H2,1-5H3,(H2,19,20,22). The topological polar surface area (TPSA) is 58.2 Å². The maximum absolute atomic E-state index is 12.5. The van der Waals surface area contributed by atoms with E-state index in [4.69, 9.17) is 0 Å². The lowest BCUT2D eigenvalue weighted by Crippen LogP contribution is -2.54. The second kappa shape index (κ2) is 8.54. The molecule has 2 amide bonds. The molecule has 1 saturated carbocycles. The van der Waals surface area contributed by atoms with Crippen LogP contribution in [-0.2, 0) is 4.79 Å². The number of nitrogens with one attached hydrogen (secondary N) is 2. The van der Waals surface area contributed by atoms with Crippen LogP contribution in [0.3, 0.4) is 0 Å². The Hall–Kier alpha value is -1.06. The van der Waals surface area contributed by atoms with Gasteiger partial charge >= 0.3 is 6.03 Å². The lowest BCUT2D eigenvalue weighted by atomic mass is 9.80. The predicted molar refractivity (Wildman–Crippen MR) is 90.8 cm³/mol. The molecule has 4 nitrogen and oxygen atoms in total. The molecular weight excluding hydrogens is 276 g/mol. The van der Waals surface area contributed by atoms with Crippen molar-refractivity contribution < 1.29 is 9.59 Å². The van der Waals surface area contributed by atoms with Crippen molar-refractivity contribution in [2.45, 2.75) is 79.2 Å². The van der Waals surface area contributed by atoms with Gasteiger partial charge in [0.2, 0.25) is 0 Å². The second-order valence-corrected chi connectivity index (χ2v) is 7.87. The number of carbonyl (C=O) groups excluding carboxylic acids is 2. The predicted octanol–water partition coefficient (Wildman–Crippen LogP) is 3.90. The number of hydrogen-bond donors (Lipinski definition) is 2. The molecule has 22 heavy (non-hydrogen) atoms. The number of hydrogen-bond acceptors (Lipinski definition) is 2. The molecule has 1 fully saturated rings. The van der Waals surface area contributed by atoms with E-state index in [9.17, 15) is 9.59 Å². The van der Waals surface area contributed by atoms with Crippen molar-refractivity contribution in [2.24, 2.45) is 17.3 Å². The highest BCUT2D eigenvalue weighted by Gasteiger charge is 2.34. The zero-order chi connectivity index (χ0) is 16.8. The van der Waals surface area contributed by atoms with Crippen LogP contribution in [0.1, 0.15) is 73.1 Å². The van der Waals surface area contributed by atoms with Crippen molar-refractivity contribution in [3.05, 3.63) is 0 Å². The SMILES string of the molecule is CCC(C)C(=O)C(NC(=O)NCC1CCCCC1)C(C)(C)C. The van der Waals surface area contributed by atoms with Crippen molar-refractivity contribution in [2.75, 3.05) is 6.54 Å². The molecule has 2 atom stereocenters. The first kappa shape index (κ1) is 19.0. The van der Waals surface area contributed by atoms with E-state index in [1.165, 1.54) is 32.1 Å². The van der Waals surface area contributed by atoms with Gasteiger partial charge in [-0.25, -0.2) is 4.79 Å². The third kappa shape index (κ3) is 5.98. The summed E-state index contributed by atoms with van der Waals surface area (Å²) in [7, 11) is 0. The largest absolute Gasteiger partial charge is 0.338 e. The summed E-state index contributed by atoms with van der Waals surface area (Å²) in [6, 6.07) is -0.643. The molecule has 0 bridgehead atoms. The normalized spacial score (nSPS) is 19.3. The van der Waals surface area contributed by atoms with Gasteiger partial charge < -0.3 is 10.6 Å². The fourth-order valence-corrected chi connectivity index (χ4v) is 3.01. The summed E-state index contributed by atoms with van der Waals surface area (Å²) in [4.78, 5) is 24.7. The van der Waals surface area contributed by atoms with Crippen LogP contribution in [0.5, 0.6) is 0 Å². The van der Waals surface area contributed by atoms with Crippen LogP contribution in [0, 0.1) is 17.3 Å². The summed E-state index contributed by atoms with van der Waals surface area (Å²) in [6.45, 7) is 10.7. The first-order valence-corrected chi connectivity index (χ1v) is 8.83. The van der Waals surface area contributed by atoms with E-state index in [0.717, 1.165) is 13.0 Å². The first-order valence-electron chi connectivity index (χ1n) is 8.83. The molecule has 0 aliphatic heterocycles. The Morgan fingerprint density at radius 2 is 1.73 bits per heavy atom. The molecule has 0 aromatic carbocycles. The summed E-state index contributed by atoms with van der Waals surface area (Å²) >= 11 is 0. The van der Waals surface area contributed by atoms with Crippen molar-refractivity contribution in [1.29, 1.82) is 0 Å². The Bertz CT molecular complexity index is 368. The number of carbonyl (C=O) groups is 2. The number of ketones is 1. The lowest BCUT2D eigenvalue weighted by Gasteiger charge is -2.32. The smallest absolute Gasteiger partial charge is 0.315 e. The maximum atomic E-state index is 12.5. The van der Waals surface area contributed by atoms with Gasteiger partial charge in [-0.2, -0.15) is 0 Å². The molecule has 1 aliphatic carbocycles. The van der Waals surface area contributed by atoms with E-state index in [1.807, 2.05) is 34.6 Å². The molecule has 128 valence electrons. The average Bonchev–Trinajstić information content (AvgIpc) is 2.49. The van der Waals surface area contributed by atoms with Crippen LogP contribution in [0.25, 0.3) is 0 Å². The highest BCUT2D eigenvalue weighted by molar-refractivity contribution is 5.90. The molecule has 1 aliphatic rings. The van der Waals surface area contributed by atoms with E-state index >= 15 is 0 Å². The highest BCUT2D eigenvalue weighted by Crippen LogP contribution is 2.24. The molecule has 0 aromatic heterocycles. The number of amides is 2.